The van der Waals surface area contributed by atoms with E-state index in [-0.39, 0.29) is 4.90 Å². The number of amides is 1. The molecule has 5 nitrogen and oxygen atoms in total. The standard InChI is InChI=1S/C13H15NO4S/c1-4-12-10(3)18-13(15)14(12)19(16,17)11-7-5-9(2)6-8-11/h4-8,10,12H,1H2,2-3H3/t10-,12-/m1/s1. The second-order valence-corrected chi connectivity index (χ2v) is 6.24. The van der Waals surface area contributed by atoms with Gasteiger partial charge in [-0.25, -0.2) is 13.2 Å². The number of ether oxygens (including phenoxy) is 1. The van der Waals surface area contributed by atoms with E-state index in [1.165, 1.54) is 18.2 Å². The summed E-state index contributed by atoms with van der Waals surface area (Å²) >= 11 is 0. The van der Waals surface area contributed by atoms with E-state index in [0.29, 0.717) is 0 Å². The van der Waals surface area contributed by atoms with Crippen LogP contribution in [0.3, 0.4) is 0 Å². The molecule has 0 unspecified atom stereocenters. The predicted molar refractivity (Wildman–Crippen MR) is 70.1 cm³/mol. The summed E-state index contributed by atoms with van der Waals surface area (Å²) in [5.74, 6) is 0. The highest BCUT2D eigenvalue weighted by atomic mass is 32.2. The van der Waals surface area contributed by atoms with Crippen LogP contribution in [0.2, 0.25) is 0 Å². The normalized spacial score (nSPS) is 23.3. The quantitative estimate of drug-likeness (QED) is 0.796. The number of hydrogen-bond acceptors (Lipinski definition) is 4. The maximum atomic E-state index is 12.4. The molecule has 1 saturated heterocycles. The van der Waals surface area contributed by atoms with Gasteiger partial charge in [-0.1, -0.05) is 23.8 Å². The minimum Gasteiger partial charge on any atom is -0.443 e. The number of aryl methyl sites for hydroxylation is 1. The van der Waals surface area contributed by atoms with Crippen molar-refractivity contribution in [3.05, 3.63) is 42.5 Å². The van der Waals surface area contributed by atoms with E-state index >= 15 is 0 Å². The van der Waals surface area contributed by atoms with Gasteiger partial charge in [0.25, 0.3) is 10.0 Å². The highest BCUT2D eigenvalue weighted by Gasteiger charge is 2.45. The van der Waals surface area contributed by atoms with E-state index in [4.69, 9.17) is 4.74 Å². The Morgan fingerprint density at radius 3 is 2.42 bits per heavy atom. The molecular formula is C13H15NO4S. The largest absolute Gasteiger partial charge is 0.443 e. The number of sulfonamides is 1. The molecule has 2 atom stereocenters. The third-order valence-electron chi connectivity index (χ3n) is 3.04. The van der Waals surface area contributed by atoms with Crippen LogP contribution < -0.4 is 0 Å². The lowest BCUT2D eigenvalue weighted by Crippen LogP contribution is -2.39. The zero-order valence-electron chi connectivity index (χ0n) is 10.7. The molecule has 2 rings (SSSR count). The van der Waals surface area contributed by atoms with Crippen molar-refractivity contribution in [1.82, 2.24) is 4.31 Å². The molecule has 0 N–H and O–H groups in total. The van der Waals surface area contributed by atoms with Crippen LogP contribution in [0, 0.1) is 6.92 Å². The lowest BCUT2D eigenvalue weighted by Gasteiger charge is -2.19. The number of carbonyl (C=O) groups is 1. The van der Waals surface area contributed by atoms with Gasteiger partial charge in [0.15, 0.2) is 0 Å². The van der Waals surface area contributed by atoms with E-state index in [0.717, 1.165) is 9.87 Å². The van der Waals surface area contributed by atoms with Crippen LogP contribution in [0.1, 0.15) is 12.5 Å². The van der Waals surface area contributed by atoms with Gasteiger partial charge < -0.3 is 4.74 Å². The first-order valence-electron chi connectivity index (χ1n) is 5.82. The summed E-state index contributed by atoms with van der Waals surface area (Å²) < 4.78 is 30.6. The van der Waals surface area contributed by atoms with Gasteiger partial charge in [0.2, 0.25) is 0 Å². The molecule has 0 spiro atoms. The predicted octanol–water partition coefficient (Wildman–Crippen LogP) is 2.08. The fourth-order valence-electron chi connectivity index (χ4n) is 1.96. The van der Waals surface area contributed by atoms with Gasteiger partial charge in [-0.2, -0.15) is 4.31 Å². The Morgan fingerprint density at radius 1 is 1.32 bits per heavy atom. The Hall–Kier alpha value is -1.82. The third kappa shape index (κ3) is 2.23. The van der Waals surface area contributed by atoms with Gasteiger partial charge in [0, 0.05) is 0 Å². The smallest absolute Gasteiger partial charge is 0.424 e. The van der Waals surface area contributed by atoms with Crippen molar-refractivity contribution in [1.29, 1.82) is 0 Å². The lowest BCUT2D eigenvalue weighted by molar-refractivity contribution is 0.142. The Kier molecular flexibility index (Phi) is 3.36. The molecule has 1 aliphatic rings. The molecule has 0 aliphatic carbocycles. The Labute approximate surface area is 112 Å². The van der Waals surface area contributed by atoms with E-state index in [1.54, 1.807) is 19.1 Å². The number of benzene rings is 1. The second-order valence-electron chi connectivity index (χ2n) is 4.43. The maximum Gasteiger partial charge on any atom is 0.424 e. The molecule has 1 aliphatic heterocycles. The Balaban J connectivity index is 2.47. The van der Waals surface area contributed by atoms with Crippen molar-refractivity contribution in [3.63, 3.8) is 0 Å². The molecule has 0 bridgehead atoms. The van der Waals surface area contributed by atoms with Crippen LogP contribution in [0.25, 0.3) is 0 Å². The minimum absolute atomic E-state index is 0.0657. The van der Waals surface area contributed by atoms with Gasteiger partial charge in [0.1, 0.15) is 12.1 Å². The summed E-state index contributed by atoms with van der Waals surface area (Å²) in [4.78, 5) is 11.8. The highest BCUT2D eigenvalue weighted by Crippen LogP contribution is 2.28. The monoisotopic (exact) mass is 281 g/mol. The molecular weight excluding hydrogens is 266 g/mol. The van der Waals surface area contributed by atoms with Gasteiger partial charge >= 0.3 is 6.09 Å². The average molecular weight is 281 g/mol. The van der Waals surface area contributed by atoms with E-state index in [2.05, 4.69) is 6.58 Å². The number of nitrogens with zero attached hydrogens (tertiary/aromatic N) is 1. The first kappa shape index (κ1) is 13.6. The maximum absolute atomic E-state index is 12.4. The average Bonchev–Trinajstić information content (AvgIpc) is 2.64. The first-order valence-corrected chi connectivity index (χ1v) is 7.26. The van der Waals surface area contributed by atoms with Gasteiger partial charge in [-0.15, -0.1) is 6.58 Å². The third-order valence-corrected chi connectivity index (χ3v) is 4.82. The minimum atomic E-state index is -3.91. The zero-order valence-corrected chi connectivity index (χ0v) is 11.6. The molecule has 1 aromatic carbocycles. The van der Waals surface area contributed by atoms with Gasteiger partial charge in [-0.05, 0) is 26.0 Å². The van der Waals surface area contributed by atoms with Gasteiger partial charge in [-0.3, -0.25) is 0 Å². The highest BCUT2D eigenvalue weighted by molar-refractivity contribution is 7.89. The molecule has 1 heterocycles. The SMILES string of the molecule is C=C[C@@H]1[C@@H](C)OC(=O)N1S(=O)(=O)c1ccc(C)cc1. The van der Waals surface area contributed by atoms with Crippen molar-refractivity contribution in [2.45, 2.75) is 30.9 Å². The summed E-state index contributed by atoms with van der Waals surface area (Å²) in [7, 11) is -3.91. The van der Waals surface area contributed by atoms with Crippen LogP contribution >= 0.6 is 0 Å². The van der Waals surface area contributed by atoms with Crippen LogP contribution in [-0.2, 0) is 14.8 Å². The first-order chi connectivity index (χ1) is 8.87. The van der Waals surface area contributed by atoms with E-state index < -0.39 is 28.3 Å². The second kappa shape index (κ2) is 4.70. The molecule has 6 heteroatoms. The van der Waals surface area contributed by atoms with Crippen molar-refractivity contribution in [2.75, 3.05) is 0 Å². The van der Waals surface area contributed by atoms with Crippen molar-refractivity contribution < 1.29 is 17.9 Å². The summed E-state index contributed by atoms with van der Waals surface area (Å²) in [5.41, 5.74) is 0.941. The molecule has 0 aromatic heterocycles. The molecule has 102 valence electrons. The summed E-state index contributed by atoms with van der Waals surface area (Å²) in [6.45, 7) is 7.05. The van der Waals surface area contributed by atoms with E-state index in [9.17, 15) is 13.2 Å². The fourth-order valence-corrected chi connectivity index (χ4v) is 3.49. The Morgan fingerprint density at radius 2 is 1.89 bits per heavy atom. The molecule has 1 fully saturated rings. The fraction of sp³-hybridized carbons (Fsp3) is 0.308. The van der Waals surface area contributed by atoms with E-state index in [1.807, 2.05) is 6.92 Å². The number of carbonyl (C=O) groups excluding carboxylic acids is 1. The van der Waals surface area contributed by atoms with Crippen LogP contribution in [0.5, 0.6) is 0 Å². The molecule has 0 radical (unpaired) electrons. The zero-order chi connectivity index (χ0) is 14.2. The van der Waals surface area contributed by atoms with Gasteiger partial charge in [0.05, 0.1) is 4.90 Å². The summed E-state index contributed by atoms with van der Waals surface area (Å²) in [6.07, 6.45) is 0.00426. The van der Waals surface area contributed by atoms with Crippen LogP contribution in [0.4, 0.5) is 4.79 Å². The molecule has 19 heavy (non-hydrogen) atoms. The molecule has 1 aromatic rings. The Bertz CT molecular complexity index is 606. The topological polar surface area (TPSA) is 63.7 Å². The van der Waals surface area contributed by atoms with Crippen LogP contribution in [-0.4, -0.2) is 31.0 Å². The van der Waals surface area contributed by atoms with Crippen molar-refractivity contribution in [3.8, 4) is 0 Å². The number of cyclic esters (lactones) is 1. The summed E-state index contributed by atoms with van der Waals surface area (Å²) in [5, 5.41) is 0. The van der Waals surface area contributed by atoms with Crippen molar-refractivity contribution >= 4 is 16.1 Å². The van der Waals surface area contributed by atoms with Crippen molar-refractivity contribution in [2.24, 2.45) is 0 Å². The van der Waals surface area contributed by atoms with Crippen LogP contribution in [0.15, 0.2) is 41.8 Å². The summed E-state index contributed by atoms with van der Waals surface area (Å²) in [6, 6.07) is 5.63. The molecule has 0 saturated carbocycles. The number of hydrogen-bond donors (Lipinski definition) is 0. The number of rotatable bonds is 3. The lowest BCUT2D eigenvalue weighted by atomic mass is 10.2. The molecule has 1 amide bonds.